The first kappa shape index (κ1) is 17.1. The molecule has 0 spiro atoms. The molecule has 0 atom stereocenters. The van der Waals surface area contributed by atoms with Gasteiger partial charge in [-0.15, -0.1) is 0 Å². The third kappa shape index (κ3) is 4.02. The highest BCUT2D eigenvalue weighted by atomic mass is 19.1. The minimum Gasteiger partial charge on any atom is -0.353 e. The zero-order valence-corrected chi connectivity index (χ0v) is 13.7. The number of hydrogen-bond acceptors (Lipinski definition) is 4. The van der Waals surface area contributed by atoms with E-state index in [0.29, 0.717) is 22.5 Å². The number of nitrogens with zero attached hydrogens (tertiary/aromatic N) is 2. The lowest BCUT2D eigenvalue weighted by Gasteiger charge is -2.09. The number of para-hydroxylation sites is 1. The molecule has 6 heteroatoms. The van der Waals surface area contributed by atoms with E-state index in [2.05, 4.69) is 21.7 Å². The van der Waals surface area contributed by atoms with Crippen molar-refractivity contribution in [2.45, 2.75) is 6.54 Å². The van der Waals surface area contributed by atoms with Crippen LogP contribution in [0.15, 0.2) is 66.9 Å². The Morgan fingerprint density at radius 1 is 1.08 bits per heavy atom. The Morgan fingerprint density at radius 2 is 1.85 bits per heavy atom. The van der Waals surface area contributed by atoms with Gasteiger partial charge in [-0.25, -0.2) is 9.37 Å². The predicted molar refractivity (Wildman–Crippen MR) is 96.2 cm³/mol. The molecule has 3 aromatic rings. The molecule has 2 aromatic carbocycles. The highest BCUT2D eigenvalue weighted by molar-refractivity contribution is 5.92. The Morgan fingerprint density at radius 3 is 2.58 bits per heavy atom. The van der Waals surface area contributed by atoms with E-state index in [-0.39, 0.29) is 18.1 Å². The van der Waals surface area contributed by atoms with Crippen LogP contribution in [-0.4, -0.2) is 10.9 Å². The maximum absolute atomic E-state index is 13.6. The number of carbonyl (C=O) groups excluding carboxylic acids is 1. The van der Waals surface area contributed by atoms with E-state index < -0.39 is 5.91 Å². The lowest BCUT2D eigenvalue weighted by molar-refractivity contribution is 0.0945. The summed E-state index contributed by atoms with van der Waals surface area (Å²) in [5.74, 6) is -0.756. The average molecular weight is 346 g/mol. The van der Waals surface area contributed by atoms with E-state index in [0.717, 1.165) is 0 Å². The van der Waals surface area contributed by atoms with Gasteiger partial charge in [0.2, 0.25) is 0 Å². The van der Waals surface area contributed by atoms with Crippen molar-refractivity contribution in [3.05, 3.63) is 89.5 Å². The first-order valence-electron chi connectivity index (χ1n) is 7.91. The first-order chi connectivity index (χ1) is 12.7. The molecule has 0 saturated carbocycles. The molecule has 0 aliphatic carbocycles. The third-order valence-electron chi connectivity index (χ3n) is 3.72. The molecule has 128 valence electrons. The molecule has 1 heterocycles. The standard InChI is InChI=1S/C20H15FN4O/c21-17-7-3-1-6-15(17)12-24-20(26)19-10-9-16(13-23-19)25-18-8-4-2-5-14(18)11-22/h1-10,13,25H,12H2,(H,24,26). The van der Waals surface area contributed by atoms with Gasteiger partial charge in [0.25, 0.3) is 5.91 Å². The maximum Gasteiger partial charge on any atom is 0.270 e. The van der Waals surface area contributed by atoms with Gasteiger partial charge in [-0.1, -0.05) is 30.3 Å². The Hall–Kier alpha value is -3.72. The fourth-order valence-corrected chi connectivity index (χ4v) is 2.36. The zero-order valence-electron chi connectivity index (χ0n) is 13.7. The molecule has 1 amide bonds. The molecule has 2 N–H and O–H groups in total. The minimum atomic E-state index is -0.391. The van der Waals surface area contributed by atoms with Gasteiger partial charge in [0.05, 0.1) is 23.1 Å². The van der Waals surface area contributed by atoms with E-state index in [1.165, 1.54) is 12.3 Å². The molecule has 3 rings (SSSR count). The number of benzene rings is 2. The molecule has 0 aliphatic rings. The van der Waals surface area contributed by atoms with Crippen molar-refractivity contribution in [1.29, 1.82) is 5.26 Å². The van der Waals surface area contributed by atoms with Gasteiger partial charge in [-0.3, -0.25) is 4.79 Å². The van der Waals surface area contributed by atoms with E-state index in [9.17, 15) is 9.18 Å². The van der Waals surface area contributed by atoms with Crippen molar-refractivity contribution in [1.82, 2.24) is 10.3 Å². The number of pyridine rings is 1. The minimum absolute atomic E-state index is 0.0860. The summed E-state index contributed by atoms with van der Waals surface area (Å²) in [6.45, 7) is 0.0860. The molecule has 5 nitrogen and oxygen atoms in total. The molecular weight excluding hydrogens is 331 g/mol. The lowest BCUT2D eigenvalue weighted by Crippen LogP contribution is -2.24. The fourth-order valence-electron chi connectivity index (χ4n) is 2.36. The molecule has 0 saturated heterocycles. The number of hydrogen-bond donors (Lipinski definition) is 2. The fraction of sp³-hybridized carbons (Fsp3) is 0.0500. The highest BCUT2D eigenvalue weighted by Crippen LogP contribution is 2.19. The summed E-state index contributed by atoms with van der Waals surface area (Å²) < 4.78 is 13.6. The van der Waals surface area contributed by atoms with Crippen LogP contribution in [0.2, 0.25) is 0 Å². The number of amides is 1. The third-order valence-corrected chi connectivity index (χ3v) is 3.72. The molecule has 0 bridgehead atoms. The Balaban J connectivity index is 1.65. The van der Waals surface area contributed by atoms with Crippen LogP contribution in [0.3, 0.4) is 0 Å². The number of halogens is 1. The van der Waals surface area contributed by atoms with E-state index in [1.807, 2.05) is 6.07 Å². The van der Waals surface area contributed by atoms with Gasteiger partial charge in [0.15, 0.2) is 0 Å². The van der Waals surface area contributed by atoms with Gasteiger partial charge < -0.3 is 10.6 Å². The smallest absolute Gasteiger partial charge is 0.270 e. The van der Waals surface area contributed by atoms with Crippen molar-refractivity contribution < 1.29 is 9.18 Å². The molecule has 0 radical (unpaired) electrons. The Bertz CT molecular complexity index is 964. The van der Waals surface area contributed by atoms with Crippen LogP contribution >= 0.6 is 0 Å². The second kappa shape index (κ2) is 7.90. The molecule has 26 heavy (non-hydrogen) atoms. The van der Waals surface area contributed by atoms with Gasteiger partial charge >= 0.3 is 0 Å². The quantitative estimate of drug-likeness (QED) is 0.737. The highest BCUT2D eigenvalue weighted by Gasteiger charge is 2.09. The van der Waals surface area contributed by atoms with Crippen molar-refractivity contribution >= 4 is 17.3 Å². The van der Waals surface area contributed by atoms with Crippen LogP contribution in [0.1, 0.15) is 21.6 Å². The van der Waals surface area contributed by atoms with Crippen molar-refractivity contribution in [3.8, 4) is 6.07 Å². The molecule has 0 unspecified atom stereocenters. The monoisotopic (exact) mass is 346 g/mol. The summed E-state index contributed by atoms with van der Waals surface area (Å²) >= 11 is 0. The van der Waals surface area contributed by atoms with Crippen LogP contribution in [0.5, 0.6) is 0 Å². The number of anilines is 2. The lowest BCUT2D eigenvalue weighted by atomic mass is 10.2. The van der Waals surface area contributed by atoms with E-state index in [4.69, 9.17) is 5.26 Å². The number of carbonyl (C=O) groups is 1. The normalized spacial score (nSPS) is 10.0. The number of nitrogens with one attached hydrogen (secondary N) is 2. The maximum atomic E-state index is 13.6. The van der Waals surface area contributed by atoms with Gasteiger partial charge in [0, 0.05) is 12.1 Å². The van der Waals surface area contributed by atoms with Crippen molar-refractivity contribution in [3.63, 3.8) is 0 Å². The summed E-state index contributed by atoms with van der Waals surface area (Å²) in [5.41, 5.74) is 2.46. The van der Waals surface area contributed by atoms with Crippen molar-refractivity contribution in [2.75, 3.05) is 5.32 Å². The first-order valence-corrected chi connectivity index (χ1v) is 7.91. The number of nitriles is 1. The van der Waals surface area contributed by atoms with E-state index in [1.54, 1.807) is 48.5 Å². The van der Waals surface area contributed by atoms with Crippen LogP contribution < -0.4 is 10.6 Å². The Labute approximate surface area is 150 Å². The molecular formula is C20H15FN4O. The topological polar surface area (TPSA) is 77.8 Å². The van der Waals surface area contributed by atoms with Crippen LogP contribution in [0, 0.1) is 17.1 Å². The van der Waals surface area contributed by atoms with Gasteiger partial charge in [0.1, 0.15) is 17.6 Å². The van der Waals surface area contributed by atoms with Crippen LogP contribution in [0.25, 0.3) is 0 Å². The molecule has 0 aliphatic heterocycles. The second-order valence-corrected chi connectivity index (χ2v) is 5.49. The van der Waals surface area contributed by atoms with Crippen molar-refractivity contribution in [2.24, 2.45) is 0 Å². The van der Waals surface area contributed by atoms with E-state index >= 15 is 0 Å². The zero-order chi connectivity index (χ0) is 18.4. The average Bonchev–Trinajstić information content (AvgIpc) is 2.68. The van der Waals surface area contributed by atoms with Gasteiger partial charge in [-0.05, 0) is 30.3 Å². The molecule has 1 aromatic heterocycles. The summed E-state index contributed by atoms with van der Waals surface area (Å²) in [6.07, 6.45) is 1.51. The second-order valence-electron chi connectivity index (χ2n) is 5.49. The van der Waals surface area contributed by atoms with Crippen LogP contribution in [-0.2, 0) is 6.54 Å². The summed E-state index contributed by atoms with van der Waals surface area (Å²) in [5, 5.41) is 14.8. The Kier molecular flexibility index (Phi) is 5.20. The number of rotatable bonds is 5. The predicted octanol–water partition coefficient (Wildman–Crippen LogP) is 3.77. The molecule has 0 fully saturated rings. The SMILES string of the molecule is N#Cc1ccccc1Nc1ccc(C(=O)NCc2ccccc2F)nc1. The number of aromatic nitrogens is 1. The van der Waals surface area contributed by atoms with Crippen LogP contribution in [0.4, 0.5) is 15.8 Å². The largest absolute Gasteiger partial charge is 0.353 e. The summed E-state index contributed by atoms with van der Waals surface area (Å²) in [6, 6.07) is 18.7. The summed E-state index contributed by atoms with van der Waals surface area (Å²) in [4.78, 5) is 16.3. The summed E-state index contributed by atoms with van der Waals surface area (Å²) in [7, 11) is 0. The van der Waals surface area contributed by atoms with Gasteiger partial charge in [-0.2, -0.15) is 5.26 Å².